The van der Waals surface area contributed by atoms with E-state index in [0.29, 0.717) is 11.7 Å². The first kappa shape index (κ1) is 15.3. The number of aryl methyl sites for hydroxylation is 1. The van der Waals surface area contributed by atoms with Crippen molar-refractivity contribution in [3.05, 3.63) is 23.4 Å². The summed E-state index contributed by atoms with van der Waals surface area (Å²) >= 11 is 0. The van der Waals surface area contributed by atoms with Crippen molar-refractivity contribution in [3.8, 4) is 0 Å². The summed E-state index contributed by atoms with van der Waals surface area (Å²) in [6, 6.07) is -0.0309. The second-order valence-electron chi connectivity index (χ2n) is 6.36. The van der Waals surface area contributed by atoms with Gasteiger partial charge in [-0.15, -0.1) is 0 Å². The maximum Gasteiger partial charge on any atom is 0.250 e. The van der Waals surface area contributed by atoms with E-state index in [9.17, 15) is 4.79 Å². The molecule has 1 fully saturated rings. The molecule has 1 aliphatic carbocycles. The predicted molar refractivity (Wildman–Crippen MR) is 83.1 cm³/mol. The van der Waals surface area contributed by atoms with Crippen LogP contribution in [0.1, 0.15) is 75.5 Å². The van der Waals surface area contributed by atoms with E-state index in [4.69, 9.17) is 4.52 Å². The highest BCUT2D eigenvalue weighted by Crippen LogP contribution is 2.31. The van der Waals surface area contributed by atoms with Crippen LogP contribution in [0.25, 0.3) is 0 Å². The van der Waals surface area contributed by atoms with Crippen LogP contribution in [0.5, 0.6) is 0 Å². The number of carbonyl (C=O) groups excluding carboxylic acids is 1. The average Bonchev–Trinajstić information content (AvgIpc) is 2.77. The Labute approximate surface area is 131 Å². The van der Waals surface area contributed by atoms with Gasteiger partial charge >= 0.3 is 0 Å². The van der Waals surface area contributed by atoms with E-state index in [1.165, 1.54) is 12.8 Å². The third kappa shape index (κ3) is 3.39. The predicted octanol–water partition coefficient (Wildman–Crippen LogP) is 3.71. The van der Waals surface area contributed by atoms with Gasteiger partial charge in [0.25, 0.3) is 0 Å². The molecule has 22 heavy (non-hydrogen) atoms. The fourth-order valence-corrected chi connectivity index (χ4v) is 3.46. The summed E-state index contributed by atoms with van der Waals surface area (Å²) in [6.07, 6.45) is 11.9. The summed E-state index contributed by atoms with van der Waals surface area (Å²) in [7, 11) is 0. The van der Waals surface area contributed by atoms with Crippen LogP contribution in [0.15, 0.2) is 16.2 Å². The molecule has 0 radical (unpaired) electrons. The van der Waals surface area contributed by atoms with Gasteiger partial charge in [-0.3, -0.25) is 4.79 Å². The lowest BCUT2D eigenvalue weighted by molar-refractivity contribution is -0.129. The minimum atomic E-state index is -0.0309. The van der Waals surface area contributed by atoms with Crippen LogP contribution in [0.3, 0.4) is 0 Å². The molecule has 1 saturated heterocycles. The van der Waals surface area contributed by atoms with E-state index in [1.807, 2.05) is 4.90 Å². The van der Waals surface area contributed by atoms with Gasteiger partial charge in [0.2, 0.25) is 11.8 Å². The summed E-state index contributed by atoms with van der Waals surface area (Å²) in [5.74, 6) is 1.43. The van der Waals surface area contributed by atoms with Gasteiger partial charge in [0.15, 0.2) is 5.82 Å². The maximum atomic E-state index is 13.0. The number of hydrogen-bond acceptors (Lipinski definition) is 4. The van der Waals surface area contributed by atoms with Gasteiger partial charge in [-0.25, -0.2) is 0 Å². The van der Waals surface area contributed by atoms with E-state index >= 15 is 0 Å². The SMILES string of the molecule is Cc1nc(C2CCCCCN2C(=O)C2=CCCCCC2)no1. The lowest BCUT2D eigenvalue weighted by atomic mass is 10.1. The molecule has 0 aromatic carbocycles. The van der Waals surface area contributed by atoms with E-state index in [0.717, 1.165) is 57.1 Å². The maximum absolute atomic E-state index is 13.0. The Morgan fingerprint density at radius 1 is 1.23 bits per heavy atom. The van der Waals surface area contributed by atoms with Gasteiger partial charge in [-0.1, -0.05) is 30.5 Å². The zero-order valence-electron chi connectivity index (χ0n) is 13.4. The monoisotopic (exact) mass is 303 g/mol. The van der Waals surface area contributed by atoms with Crippen LogP contribution in [0.4, 0.5) is 0 Å². The fourth-order valence-electron chi connectivity index (χ4n) is 3.46. The fraction of sp³-hybridized carbons (Fsp3) is 0.706. The lowest BCUT2D eigenvalue weighted by Gasteiger charge is -2.28. The standard InChI is InChI=1S/C17H25N3O2/c1-13-18-16(19-22-13)15-11-7-4-8-12-20(15)17(21)14-9-5-2-3-6-10-14/h9,15H,2-8,10-12H2,1H3. The zero-order valence-corrected chi connectivity index (χ0v) is 13.4. The molecule has 1 unspecified atom stereocenters. The minimum absolute atomic E-state index is 0.0309. The number of allylic oxidation sites excluding steroid dienone is 1. The molecular formula is C17H25N3O2. The van der Waals surface area contributed by atoms with Crippen LogP contribution >= 0.6 is 0 Å². The number of aromatic nitrogens is 2. The number of likely N-dealkylation sites (tertiary alicyclic amines) is 1. The molecule has 0 N–H and O–H groups in total. The molecule has 0 saturated carbocycles. The molecule has 1 atom stereocenters. The van der Waals surface area contributed by atoms with E-state index in [1.54, 1.807) is 6.92 Å². The molecular weight excluding hydrogens is 278 g/mol. The van der Waals surface area contributed by atoms with Crippen molar-refractivity contribution in [1.82, 2.24) is 15.0 Å². The average molecular weight is 303 g/mol. The van der Waals surface area contributed by atoms with E-state index in [2.05, 4.69) is 16.2 Å². The minimum Gasteiger partial charge on any atom is -0.340 e. The van der Waals surface area contributed by atoms with Crippen molar-refractivity contribution in [2.24, 2.45) is 0 Å². The van der Waals surface area contributed by atoms with Crippen LogP contribution in [0, 0.1) is 6.92 Å². The van der Waals surface area contributed by atoms with Crippen LogP contribution in [-0.4, -0.2) is 27.5 Å². The lowest BCUT2D eigenvalue weighted by Crippen LogP contribution is -2.36. The van der Waals surface area contributed by atoms with Crippen molar-refractivity contribution >= 4 is 5.91 Å². The first-order valence-corrected chi connectivity index (χ1v) is 8.56. The molecule has 3 rings (SSSR count). The third-order valence-corrected chi connectivity index (χ3v) is 4.67. The quantitative estimate of drug-likeness (QED) is 0.835. The second kappa shape index (κ2) is 7.07. The van der Waals surface area contributed by atoms with Gasteiger partial charge in [0.1, 0.15) is 0 Å². The molecule has 2 heterocycles. The Kier molecular flexibility index (Phi) is 4.90. The Bertz CT molecular complexity index is 550. The summed E-state index contributed by atoms with van der Waals surface area (Å²) in [6.45, 7) is 2.60. The molecule has 0 bridgehead atoms. The molecule has 0 spiro atoms. The number of rotatable bonds is 2. The summed E-state index contributed by atoms with van der Waals surface area (Å²) in [4.78, 5) is 19.4. The number of carbonyl (C=O) groups is 1. The topological polar surface area (TPSA) is 59.2 Å². The largest absolute Gasteiger partial charge is 0.340 e. The second-order valence-corrected chi connectivity index (χ2v) is 6.36. The van der Waals surface area contributed by atoms with Gasteiger partial charge in [0.05, 0.1) is 6.04 Å². The molecule has 1 amide bonds. The van der Waals surface area contributed by atoms with Crippen molar-refractivity contribution < 1.29 is 9.32 Å². The number of hydrogen-bond donors (Lipinski definition) is 0. The summed E-state index contributed by atoms with van der Waals surface area (Å²) in [5, 5.41) is 4.08. The van der Waals surface area contributed by atoms with Crippen molar-refractivity contribution in [2.45, 2.75) is 70.8 Å². The summed E-state index contributed by atoms with van der Waals surface area (Å²) < 4.78 is 5.14. The Morgan fingerprint density at radius 3 is 2.91 bits per heavy atom. The Morgan fingerprint density at radius 2 is 2.09 bits per heavy atom. The number of amides is 1. The van der Waals surface area contributed by atoms with Crippen molar-refractivity contribution in [3.63, 3.8) is 0 Å². The first-order chi connectivity index (χ1) is 10.8. The molecule has 1 aliphatic heterocycles. The Balaban J connectivity index is 1.83. The van der Waals surface area contributed by atoms with Gasteiger partial charge < -0.3 is 9.42 Å². The van der Waals surface area contributed by atoms with Crippen LogP contribution in [0.2, 0.25) is 0 Å². The molecule has 2 aliphatic rings. The van der Waals surface area contributed by atoms with E-state index in [-0.39, 0.29) is 11.9 Å². The highest BCUT2D eigenvalue weighted by atomic mass is 16.5. The van der Waals surface area contributed by atoms with Crippen LogP contribution in [-0.2, 0) is 4.79 Å². The molecule has 1 aromatic rings. The molecule has 5 nitrogen and oxygen atoms in total. The smallest absolute Gasteiger partial charge is 0.250 e. The van der Waals surface area contributed by atoms with Gasteiger partial charge in [-0.2, -0.15) is 4.98 Å². The number of nitrogens with zero attached hydrogens (tertiary/aromatic N) is 3. The third-order valence-electron chi connectivity index (χ3n) is 4.67. The van der Waals surface area contributed by atoms with E-state index < -0.39 is 0 Å². The highest BCUT2D eigenvalue weighted by molar-refractivity contribution is 5.93. The van der Waals surface area contributed by atoms with Gasteiger partial charge in [-0.05, 0) is 38.5 Å². The molecule has 5 heteroatoms. The van der Waals surface area contributed by atoms with Crippen molar-refractivity contribution in [1.29, 1.82) is 0 Å². The highest BCUT2D eigenvalue weighted by Gasteiger charge is 2.31. The molecule has 120 valence electrons. The first-order valence-electron chi connectivity index (χ1n) is 8.56. The summed E-state index contributed by atoms with van der Waals surface area (Å²) in [5.41, 5.74) is 0.990. The van der Waals surface area contributed by atoms with Crippen LogP contribution < -0.4 is 0 Å². The van der Waals surface area contributed by atoms with Crippen molar-refractivity contribution in [2.75, 3.05) is 6.54 Å². The Hall–Kier alpha value is -1.65. The molecule has 1 aromatic heterocycles. The normalized spacial score (nSPS) is 23.6. The van der Waals surface area contributed by atoms with Gasteiger partial charge in [0, 0.05) is 19.0 Å². The zero-order chi connectivity index (χ0) is 15.4.